The second kappa shape index (κ2) is 6.94. The number of ether oxygens (including phenoxy) is 2. The zero-order chi connectivity index (χ0) is 19.1. The fourth-order valence-corrected chi connectivity index (χ4v) is 4.77. The molecular formula is C23H30O3. The third kappa shape index (κ3) is 3.20. The van der Waals surface area contributed by atoms with Gasteiger partial charge in [0, 0.05) is 24.3 Å². The molecule has 2 aliphatic rings. The molecule has 0 aliphatic heterocycles. The van der Waals surface area contributed by atoms with Crippen LogP contribution in [0.5, 0.6) is 11.5 Å². The van der Waals surface area contributed by atoms with E-state index < -0.39 is 0 Å². The van der Waals surface area contributed by atoms with Crippen molar-refractivity contribution in [2.75, 3.05) is 14.2 Å². The Labute approximate surface area is 157 Å². The summed E-state index contributed by atoms with van der Waals surface area (Å²) >= 11 is 0. The average Bonchev–Trinajstić information content (AvgIpc) is 2.71. The summed E-state index contributed by atoms with van der Waals surface area (Å²) in [6.07, 6.45) is 4.55. The second-order valence-electron chi connectivity index (χ2n) is 8.37. The zero-order valence-corrected chi connectivity index (χ0v) is 16.6. The van der Waals surface area contributed by atoms with Crippen LogP contribution in [0.15, 0.2) is 42.0 Å². The summed E-state index contributed by atoms with van der Waals surface area (Å²) < 4.78 is 11.1. The normalized spacial score (nSPS) is 28.0. The minimum absolute atomic E-state index is 0.0623. The highest BCUT2D eigenvalue weighted by molar-refractivity contribution is 5.82. The Morgan fingerprint density at radius 1 is 1.19 bits per heavy atom. The van der Waals surface area contributed by atoms with Crippen LogP contribution in [-0.4, -0.2) is 20.0 Å². The van der Waals surface area contributed by atoms with Crippen molar-refractivity contribution in [2.24, 2.45) is 17.3 Å². The Morgan fingerprint density at radius 3 is 2.58 bits per heavy atom. The number of carbonyl (C=O) groups is 1. The molecule has 0 bridgehead atoms. The SMILES string of the molecule is C=C1[C@H](C)CC=C2C(CC(=O)CC2(C)C)[C@@H]1c1cc(OC)ccc1OC. The summed E-state index contributed by atoms with van der Waals surface area (Å²) in [6, 6.07) is 5.92. The number of ketones is 1. The molecule has 1 aromatic rings. The lowest BCUT2D eigenvalue weighted by Crippen LogP contribution is -2.35. The quantitative estimate of drug-likeness (QED) is 0.690. The van der Waals surface area contributed by atoms with E-state index in [9.17, 15) is 4.79 Å². The van der Waals surface area contributed by atoms with Gasteiger partial charge in [-0.05, 0) is 41.9 Å². The van der Waals surface area contributed by atoms with Crippen molar-refractivity contribution in [2.45, 2.75) is 46.0 Å². The highest BCUT2D eigenvalue weighted by atomic mass is 16.5. The van der Waals surface area contributed by atoms with Crippen molar-refractivity contribution in [3.8, 4) is 11.5 Å². The van der Waals surface area contributed by atoms with Gasteiger partial charge in [-0.1, -0.05) is 44.6 Å². The molecule has 0 amide bonds. The molecule has 0 aromatic heterocycles. The van der Waals surface area contributed by atoms with Crippen LogP contribution in [0.4, 0.5) is 0 Å². The van der Waals surface area contributed by atoms with Crippen LogP contribution in [0, 0.1) is 17.3 Å². The molecule has 3 atom stereocenters. The summed E-state index contributed by atoms with van der Waals surface area (Å²) in [6.45, 7) is 11.1. The molecule has 140 valence electrons. The van der Waals surface area contributed by atoms with Gasteiger partial charge >= 0.3 is 0 Å². The minimum Gasteiger partial charge on any atom is -0.497 e. The van der Waals surface area contributed by atoms with E-state index in [1.54, 1.807) is 14.2 Å². The lowest BCUT2D eigenvalue weighted by molar-refractivity contribution is -0.123. The van der Waals surface area contributed by atoms with Gasteiger partial charge < -0.3 is 9.47 Å². The third-order valence-electron chi connectivity index (χ3n) is 6.17. The zero-order valence-electron chi connectivity index (χ0n) is 16.6. The molecule has 3 heteroatoms. The van der Waals surface area contributed by atoms with E-state index in [0.29, 0.717) is 24.5 Å². The van der Waals surface area contributed by atoms with Crippen LogP contribution in [0.3, 0.4) is 0 Å². The molecule has 1 unspecified atom stereocenters. The molecule has 0 spiro atoms. The number of rotatable bonds is 3. The van der Waals surface area contributed by atoms with Crippen molar-refractivity contribution in [1.82, 2.24) is 0 Å². The molecule has 1 fully saturated rings. The van der Waals surface area contributed by atoms with Crippen LogP contribution >= 0.6 is 0 Å². The molecule has 2 aliphatic carbocycles. The van der Waals surface area contributed by atoms with Crippen LogP contribution in [0.25, 0.3) is 0 Å². The first-order chi connectivity index (χ1) is 12.3. The Kier molecular flexibility index (Phi) is 5.01. The van der Waals surface area contributed by atoms with Crippen molar-refractivity contribution in [3.05, 3.63) is 47.6 Å². The molecule has 0 saturated heterocycles. The number of Topliss-reactive ketones (excluding diaryl/α,β-unsaturated/α-hetero) is 1. The summed E-state index contributed by atoms with van der Waals surface area (Å²) in [5.74, 6) is 2.54. The molecule has 0 heterocycles. The summed E-state index contributed by atoms with van der Waals surface area (Å²) in [4.78, 5) is 12.6. The van der Waals surface area contributed by atoms with Gasteiger partial charge in [0.25, 0.3) is 0 Å². The van der Waals surface area contributed by atoms with Crippen LogP contribution in [0.2, 0.25) is 0 Å². The smallest absolute Gasteiger partial charge is 0.134 e. The lowest BCUT2D eigenvalue weighted by Gasteiger charge is -2.42. The van der Waals surface area contributed by atoms with Crippen LogP contribution in [-0.2, 0) is 4.79 Å². The molecule has 1 aromatic carbocycles. The average molecular weight is 354 g/mol. The van der Waals surface area contributed by atoms with Gasteiger partial charge in [-0.25, -0.2) is 0 Å². The predicted molar refractivity (Wildman–Crippen MR) is 105 cm³/mol. The first kappa shape index (κ1) is 18.8. The number of methoxy groups -OCH3 is 2. The topological polar surface area (TPSA) is 35.5 Å². The highest BCUT2D eigenvalue weighted by Gasteiger charge is 2.44. The number of allylic oxidation sites excluding steroid dienone is 3. The van der Waals surface area contributed by atoms with Gasteiger partial charge in [-0.3, -0.25) is 4.79 Å². The fraction of sp³-hybridized carbons (Fsp3) is 0.522. The summed E-state index contributed by atoms with van der Waals surface area (Å²) in [5, 5.41) is 0. The van der Waals surface area contributed by atoms with E-state index in [1.807, 2.05) is 12.1 Å². The highest BCUT2D eigenvalue weighted by Crippen LogP contribution is 2.54. The van der Waals surface area contributed by atoms with E-state index in [2.05, 4.69) is 39.5 Å². The predicted octanol–water partition coefficient (Wildman–Crippen LogP) is 5.32. The maximum atomic E-state index is 12.6. The van der Waals surface area contributed by atoms with Crippen LogP contribution in [0.1, 0.15) is 51.5 Å². The maximum absolute atomic E-state index is 12.6. The van der Waals surface area contributed by atoms with Crippen molar-refractivity contribution in [3.63, 3.8) is 0 Å². The molecule has 0 N–H and O–H groups in total. The lowest BCUT2D eigenvalue weighted by atomic mass is 9.62. The minimum atomic E-state index is -0.102. The number of hydrogen-bond acceptors (Lipinski definition) is 3. The van der Waals surface area contributed by atoms with Gasteiger partial charge in [0.15, 0.2) is 0 Å². The van der Waals surface area contributed by atoms with Gasteiger partial charge in [-0.15, -0.1) is 0 Å². The first-order valence-electron chi connectivity index (χ1n) is 9.41. The third-order valence-corrected chi connectivity index (χ3v) is 6.17. The van der Waals surface area contributed by atoms with E-state index in [1.165, 1.54) is 11.1 Å². The summed E-state index contributed by atoms with van der Waals surface area (Å²) in [5.41, 5.74) is 3.55. The van der Waals surface area contributed by atoms with Gasteiger partial charge in [0.1, 0.15) is 17.3 Å². The monoisotopic (exact) mass is 354 g/mol. The number of benzene rings is 1. The second-order valence-corrected chi connectivity index (χ2v) is 8.37. The molecule has 0 radical (unpaired) electrons. The van der Waals surface area contributed by atoms with Crippen molar-refractivity contribution in [1.29, 1.82) is 0 Å². The van der Waals surface area contributed by atoms with E-state index >= 15 is 0 Å². The number of hydrogen-bond donors (Lipinski definition) is 0. The molecular weight excluding hydrogens is 324 g/mol. The standard InChI is InChI=1S/C23H30O3/c1-14-7-9-20-18(11-16(24)13-23(20,3)4)22(15(14)2)19-12-17(25-5)8-10-21(19)26-6/h8-10,12,14,18,22H,2,7,11,13H2,1,3-6H3/t14-,18?,22-/m1/s1. The van der Waals surface area contributed by atoms with Crippen molar-refractivity contribution < 1.29 is 14.3 Å². The maximum Gasteiger partial charge on any atom is 0.134 e. The molecule has 1 saturated carbocycles. The van der Waals surface area contributed by atoms with E-state index in [4.69, 9.17) is 9.47 Å². The van der Waals surface area contributed by atoms with Crippen LogP contribution < -0.4 is 9.47 Å². The van der Waals surface area contributed by atoms with Gasteiger partial charge in [-0.2, -0.15) is 0 Å². The van der Waals surface area contributed by atoms with E-state index in [0.717, 1.165) is 23.5 Å². The van der Waals surface area contributed by atoms with Crippen molar-refractivity contribution >= 4 is 5.78 Å². The number of fused-ring (bicyclic) bond motifs is 1. The van der Waals surface area contributed by atoms with Gasteiger partial charge in [0.05, 0.1) is 14.2 Å². The Morgan fingerprint density at radius 2 is 1.92 bits per heavy atom. The Bertz CT molecular complexity index is 757. The fourth-order valence-electron chi connectivity index (χ4n) is 4.77. The van der Waals surface area contributed by atoms with E-state index in [-0.39, 0.29) is 17.3 Å². The first-order valence-corrected chi connectivity index (χ1v) is 9.41. The number of carbonyl (C=O) groups excluding carboxylic acids is 1. The summed E-state index contributed by atoms with van der Waals surface area (Å²) in [7, 11) is 3.37. The Hall–Kier alpha value is -2.03. The molecule has 3 rings (SSSR count). The molecule has 26 heavy (non-hydrogen) atoms. The Balaban J connectivity index is 2.18. The van der Waals surface area contributed by atoms with Gasteiger partial charge in [0.2, 0.25) is 0 Å². The largest absolute Gasteiger partial charge is 0.497 e. The molecule has 3 nitrogen and oxygen atoms in total.